The molecule has 0 aromatic heterocycles. The van der Waals surface area contributed by atoms with E-state index in [4.69, 9.17) is 5.73 Å². The van der Waals surface area contributed by atoms with Gasteiger partial charge in [-0.25, -0.2) is 8.42 Å². The van der Waals surface area contributed by atoms with E-state index in [0.717, 1.165) is 0 Å². The Morgan fingerprint density at radius 1 is 0.879 bits per heavy atom. The average molecular weight is 464 g/mol. The highest BCUT2D eigenvalue weighted by Gasteiger charge is 2.35. The first-order chi connectivity index (χ1) is 15.8. The number of hydrogen-bond donors (Lipinski definition) is 3. The van der Waals surface area contributed by atoms with E-state index in [0.29, 0.717) is 5.69 Å². The highest BCUT2D eigenvalue weighted by molar-refractivity contribution is 7.92. The number of nitrogens with one attached hydrogen (secondary N) is 2. The van der Waals surface area contributed by atoms with E-state index in [1.165, 1.54) is 23.2 Å². The van der Waals surface area contributed by atoms with Gasteiger partial charge in [0.1, 0.15) is 11.8 Å². The Morgan fingerprint density at radius 2 is 1.45 bits per heavy atom. The maximum absolute atomic E-state index is 12.9. The molecule has 0 spiro atoms. The summed E-state index contributed by atoms with van der Waals surface area (Å²) in [6.45, 7) is 0. The van der Waals surface area contributed by atoms with Gasteiger partial charge in [0.05, 0.1) is 22.0 Å². The first kappa shape index (κ1) is 22.0. The molecule has 0 bridgehead atoms. The van der Waals surface area contributed by atoms with E-state index in [1.807, 2.05) is 6.07 Å². The van der Waals surface area contributed by atoms with Crippen LogP contribution < -0.4 is 20.8 Å². The zero-order valence-corrected chi connectivity index (χ0v) is 18.2. The number of para-hydroxylation sites is 3. The van der Waals surface area contributed by atoms with Crippen LogP contribution in [0.5, 0.6) is 0 Å². The van der Waals surface area contributed by atoms with Crippen LogP contribution in [-0.2, 0) is 19.6 Å². The van der Waals surface area contributed by atoms with Crippen LogP contribution >= 0.6 is 0 Å². The van der Waals surface area contributed by atoms with Crippen molar-refractivity contribution >= 4 is 44.6 Å². The minimum atomic E-state index is -3.86. The second-order valence-corrected chi connectivity index (χ2v) is 8.95. The van der Waals surface area contributed by atoms with Crippen molar-refractivity contribution in [3.8, 4) is 0 Å². The predicted octanol–water partition coefficient (Wildman–Crippen LogP) is 2.55. The summed E-state index contributed by atoms with van der Waals surface area (Å²) in [5, 5.41) is 8.41. The summed E-state index contributed by atoms with van der Waals surface area (Å²) in [5.74, 6) is -1.17. The molecule has 3 aromatic carbocycles. The second-order valence-electron chi connectivity index (χ2n) is 7.27. The molecular weight excluding hydrogens is 442 g/mol. The van der Waals surface area contributed by atoms with Crippen LogP contribution in [0.1, 0.15) is 6.42 Å². The molecule has 0 aliphatic carbocycles. The van der Waals surface area contributed by atoms with Crippen molar-refractivity contribution < 1.29 is 18.0 Å². The maximum atomic E-state index is 12.9. The number of carbonyl (C=O) groups is 2. The Kier molecular flexibility index (Phi) is 6.09. The Bertz CT molecular complexity index is 1310. The molecule has 4 N–H and O–H groups in total. The van der Waals surface area contributed by atoms with Crippen LogP contribution in [0.2, 0.25) is 0 Å². The van der Waals surface area contributed by atoms with E-state index in [-0.39, 0.29) is 28.4 Å². The minimum absolute atomic E-state index is 0.0218. The number of amides is 2. The van der Waals surface area contributed by atoms with Gasteiger partial charge in [0.15, 0.2) is 0 Å². The van der Waals surface area contributed by atoms with Crippen LogP contribution in [0.4, 0.5) is 17.1 Å². The van der Waals surface area contributed by atoms with Crippen molar-refractivity contribution in [2.24, 2.45) is 10.8 Å². The molecule has 33 heavy (non-hydrogen) atoms. The number of primary amides is 1. The number of benzene rings is 3. The molecule has 0 radical (unpaired) electrons. The number of carbonyl (C=O) groups excluding carboxylic acids is 2. The summed E-state index contributed by atoms with van der Waals surface area (Å²) in [6, 6.07) is 22.4. The van der Waals surface area contributed by atoms with Crippen molar-refractivity contribution in [2.75, 3.05) is 15.0 Å². The van der Waals surface area contributed by atoms with Gasteiger partial charge in [0.2, 0.25) is 5.91 Å². The van der Waals surface area contributed by atoms with E-state index in [9.17, 15) is 18.0 Å². The Labute approximate surface area is 191 Å². The van der Waals surface area contributed by atoms with E-state index < -0.39 is 27.9 Å². The third kappa shape index (κ3) is 4.85. The van der Waals surface area contributed by atoms with Crippen LogP contribution in [0.25, 0.3) is 0 Å². The lowest BCUT2D eigenvalue weighted by atomic mass is 10.1. The fourth-order valence-electron chi connectivity index (χ4n) is 3.37. The number of nitrogens with zero attached hydrogens (tertiary/aromatic N) is 2. The predicted molar refractivity (Wildman–Crippen MR) is 126 cm³/mol. The molecule has 168 valence electrons. The largest absolute Gasteiger partial charge is 0.368 e. The number of anilines is 3. The third-order valence-electron chi connectivity index (χ3n) is 4.99. The van der Waals surface area contributed by atoms with Crippen molar-refractivity contribution in [1.82, 2.24) is 0 Å². The van der Waals surface area contributed by atoms with Crippen LogP contribution in [0.15, 0.2) is 94.9 Å². The summed E-state index contributed by atoms with van der Waals surface area (Å²) in [5.41, 5.74) is 6.70. The standard InChI is InChI=1S/C23H21N5O4S/c24-22(29)21-15-20(26-28(21)16-9-3-1-4-10-16)23(30)25-18-13-7-8-14-19(18)27-33(31,32)17-11-5-2-6-12-17/h1-14,21,27H,15H2,(H2,24,29)(H,25,30). The number of hydrazone groups is 1. The van der Waals surface area contributed by atoms with Crippen LogP contribution in [0, 0.1) is 0 Å². The minimum Gasteiger partial charge on any atom is -0.368 e. The lowest BCUT2D eigenvalue weighted by Gasteiger charge is -2.20. The van der Waals surface area contributed by atoms with Gasteiger partial charge in [-0.15, -0.1) is 0 Å². The summed E-state index contributed by atoms with van der Waals surface area (Å²) >= 11 is 0. The highest BCUT2D eigenvalue weighted by atomic mass is 32.2. The highest BCUT2D eigenvalue weighted by Crippen LogP contribution is 2.27. The van der Waals surface area contributed by atoms with Gasteiger partial charge in [0, 0.05) is 6.42 Å². The molecule has 4 rings (SSSR count). The lowest BCUT2D eigenvalue weighted by Crippen LogP contribution is -2.39. The molecule has 0 saturated heterocycles. The van der Waals surface area contributed by atoms with E-state index in [2.05, 4.69) is 15.1 Å². The fourth-order valence-corrected chi connectivity index (χ4v) is 4.47. The van der Waals surface area contributed by atoms with Crippen molar-refractivity contribution in [1.29, 1.82) is 0 Å². The Morgan fingerprint density at radius 3 is 2.09 bits per heavy atom. The zero-order valence-electron chi connectivity index (χ0n) is 17.4. The number of rotatable bonds is 7. The lowest BCUT2D eigenvalue weighted by molar-refractivity contribution is -0.119. The van der Waals surface area contributed by atoms with Crippen molar-refractivity contribution in [3.63, 3.8) is 0 Å². The van der Waals surface area contributed by atoms with Crippen molar-refractivity contribution in [3.05, 3.63) is 84.9 Å². The van der Waals surface area contributed by atoms with Gasteiger partial charge in [0.25, 0.3) is 15.9 Å². The molecule has 2 amide bonds. The molecule has 1 aliphatic heterocycles. The normalized spacial score (nSPS) is 15.6. The average Bonchev–Trinajstić information content (AvgIpc) is 3.28. The summed E-state index contributed by atoms with van der Waals surface area (Å²) < 4.78 is 27.9. The fraction of sp³-hybridized carbons (Fsp3) is 0.0870. The first-order valence-electron chi connectivity index (χ1n) is 10.0. The molecule has 9 nitrogen and oxygen atoms in total. The number of sulfonamides is 1. The first-order valence-corrected chi connectivity index (χ1v) is 11.5. The monoisotopic (exact) mass is 463 g/mol. The van der Waals surface area contributed by atoms with Gasteiger partial charge in [-0.3, -0.25) is 19.3 Å². The van der Waals surface area contributed by atoms with Gasteiger partial charge < -0.3 is 11.1 Å². The van der Waals surface area contributed by atoms with Gasteiger partial charge >= 0.3 is 0 Å². The molecule has 0 fully saturated rings. The molecule has 3 aromatic rings. The third-order valence-corrected chi connectivity index (χ3v) is 6.38. The zero-order chi connectivity index (χ0) is 23.4. The molecule has 1 atom stereocenters. The number of hydrogen-bond acceptors (Lipinski definition) is 6. The van der Waals surface area contributed by atoms with Crippen LogP contribution in [-0.4, -0.2) is 32.0 Å². The molecule has 1 unspecified atom stereocenters. The molecule has 0 saturated carbocycles. The molecule has 1 heterocycles. The van der Waals surface area contributed by atoms with E-state index >= 15 is 0 Å². The topological polar surface area (TPSA) is 134 Å². The SMILES string of the molecule is NC(=O)C1CC(C(=O)Nc2ccccc2NS(=O)(=O)c2ccccc2)=NN1c1ccccc1. The van der Waals surface area contributed by atoms with Gasteiger partial charge in [-0.2, -0.15) is 5.10 Å². The van der Waals surface area contributed by atoms with Gasteiger partial charge in [-0.1, -0.05) is 48.5 Å². The molecule has 10 heteroatoms. The smallest absolute Gasteiger partial charge is 0.272 e. The van der Waals surface area contributed by atoms with Gasteiger partial charge in [-0.05, 0) is 36.4 Å². The maximum Gasteiger partial charge on any atom is 0.272 e. The summed E-state index contributed by atoms with van der Waals surface area (Å²) in [7, 11) is -3.86. The quantitative estimate of drug-likeness (QED) is 0.495. The Hall–Kier alpha value is -4.18. The van der Waals surface area contributed by atoms with E-state index in [1.54, 1.807) is 60.7 Å². The second kappa shape index (κ2) is 9.13. The van der Waals surface area contributed by atoms with Crippen molar-refractivity contribution in [2.45, 2.75) is 17.4 Å². The van der Waals surface area contributed by atoms with Crippen LogP contribution in [0.3, 0.4) is 0 Å². The molecular formula is C23H21N5O4S. The molecule has 1 aliphatic rings. The Balaban J connectivity index is 1.57. The summed E-state index contributed by atoms with van der Waals surface area (Å²) in [6.07, 6.45) is 0.0218. The summed E-state index contributed by atoms with van der Waals surface area (Å²) in [4.78, 5) is 25.0. The number of nitrogens with two attached hydrogens (primary N) is 1.